The van der Waals surface area contributed by atoms with Gasteiger partial charge in [-0.15, -0.1) is 0 Å². The lowest BCUT2D eigenvalue weighted by Crippen LogP contribution is -2.47. The van der Waals surface area contributed by atoms with E-state index in [4.69, 9.17) is 22.3 Å². The van der Waals surface area contributed by atoms with Gasteiger partial charge in [0.25, 0.3) is 11.5 Å². The average molecular weight is 488 g/mol. The lowest BCUT2D eigenvalue weighted by Gasteiger charge is -2.35. The van der Waals surface area contributed by atoms with E-state index >= 15 is 0 Å². The van der Waals surface area contributed by atoms with Crippen molar-refractivity contribution in [1.29, 1.82) is 0 Å². The molecule has 11 heteroatoms. The summed E-state index contributed by atoms with van der Waals surface area (Å²) in [6.45, 7) is 8.16. The van der Waals surface area contributed by atoms with Gasteiger partial charge in [-0.2, -0.15) is 0 Å². The van der Waals surface area contributed by atoms with Crippen LogP contribution in [0.5, 0.6) is 0 Å². The van der Waals surface area contributed by atoms with Gasteiger partial charge in [0.05, 0.1) is 16.9 Å². The molecule has 1 N–H and O–H groups in total. The van der Waals surface area contributed by atoms with Crippen molar-refractivity contribution in [3.8, 4) is 0 Å². The summed E-state index contributed by atoms with van der Waals surface area (Å²) in [5, 5.41) is 8.96. The molecule has 0 aliphatic carbocycles. The number of rotatable bonds is 6. The number of thioether (sulfide) groups is 1. The largest absolute Gasteiger partial charge is 0.481 e. The molecule has 0 unspecified atom stereocenters. The normalized spacial score (nSPS) is 18.7. The summed E-state index contributed by atoms with van der Waals surface area (Å²) in [5.74, 6) is -0.842. The molecule has 4 heterocycles. The monoisotopic (exact) mass is 487 g/mol. The van der Waals surface area contributed by atoms with Crippen LogP contribution < -0.4 is 10.5 Å². The number of aromatic nitrogens is 2. The van der Waals surface area contributed by atoms with Crippen LogP contribution in [0.4, 0.5) is 5.82 Å². The van der Waals surface area contributed by atoms with E-state index in [2.05, 4.69) is 16.7 Å². The zero-order chi connectivity index (χ0) is 23.7. The average Bonchev–Trinajstić information content (AvgIpc) is 3.06. The van der Waals surface area contributed by atoms with Crippen LogP contribution in [0.25, 0.3) is 11.7 Å². The van der Waals surface area contributed by atoms with Gasteiger partial charge in [-0.3, -0.25) is 23.7 Å². The van der Waals surface area contributed by atoms with Gasteiger partial charge in [-0.1, -0.05) is 37.0 Å². The highest BCUT2D eigenvalue weighted by Crippen LogP contribution is 2.33. The lowest BCUT2D eigenvalue weighted by molar-refractivity contribution is -0.137. The Hall–Kier alpha value is -2.76. The molecule has 2 aliphatic rings. The van der Waals surface area contributed by atoms with Crippen LogP contribution in [0, 0.1) is 6.92 Å². The van der Waals surface area contributed by atoms with Crippen molar-refractivity contribution in [1.82, 2.24) is 19.2 Å². The molecule has 9 nitrogen and oxygen atoms in total. The maximum absolute atomic E-state index is 13.5. The van der Waals surface area contributed by atoms with Crippen molar-refractivity contribution in [2.24, 2.45) is 0 Å². The maximum atomic E-state index is 13.5. The molecule has 1 amide bonds. The summed E-state index contributed by atoms with van der Waals surface area (Å²) in [6.07, 6.45) is 3.09. The molecule has 4 rings (SSSR count). The fraction of sp³-hybridized carbons (Fsp3) is 0.409. The number of thiocarbonyl (C=S) groups is 1. The maximum Gasteiger partial charge on any atom is 0.305 e. The van der Waals surface area contributed by atoms with E-state index in [0.717, 1.165) is 50.0 Å². The van der Waals surface area contributed by atoms with Crippen LogP contribution >= 0.6 is 24.0 Å². The number of likely N-dealkylation sites (N-methyl/N-ethyl adjacent to an activating group) is 1. The third-order valence-corrected chi connectivity index (χ3v) is 7.18. The molecule has 174 valence electrons. The van der Waals surface area contributed by atoms with Crippen molar-refractivity contribution < 1.29 is 14.7 Å². The zero-order valence-electron chi connectivity index (χ0n) is 18.5. The fourth-order valence-corrected chi connectivity index (χ4v) is 5.21. The molecule has 0 saturated carbocycles. The predicted molar refractivity (Wildman–Crippen MR) is 133 cm³/mol. The minimum absolute atomic E-state index is 0.00266. The predicted octanol–water partition coefficient (Wildman–Crippen LogP) is 1.82. The van der Waals surface area contributed by atoms with Gasteiger partial charge in [0, 0.05) is 38.9 Å². The molecule has 0 aromatic carbocycles. The Balaban J connectivity index is 1.78. The van der Waals surface area contributed by atoms with Crippen molar-refractivity contribution in [3.63, 3.8) is 0 Å². The van der Waals surface area contributed by atoms with Crippen LogP contribution in [-0.2, 0) is 9.59 Å². The highest BCUT2D eigenvalue weighted by Gasteiger charge is 2.33. The second-order valence-electron chi connectivity index (χ2n) is 7.99. The van der Waals surface area contributed by atoms with E-state index in [0.29, 0.717) is 21.9 Å². The number of fused-ring (bicyclic) bond motifs is 1. The van der Waals surface area contributed by atoms with Gasteiger partial charge in [-0.05, 0) is 31.2 Å². The number of carbonyl (C=O) groups is 2. The Morgan fingerprint density at radius 2 is 1.97 bits per heavy atom. The summed E-state index contributed by atoms with van der Waals surface area (Å²) in [5.41, 5.74) is 1.54. The Labute approximate surface area is 200 Å². The van der Waals surface area contributed by atoms with Crippen molar-refractivity contribution in [3.05, 3.63) is 44.7 Å². The summed E-state index contributed by atoms with van der Waals surface area (Å²) in [7, 11) is 0. The van der Waals surface area contributed by atoms with Gasteiger partial charge in [0.15, 0.2) is 0 Å². The topological polar surface area (TPSA) is 98.5 Å². The molecule has 2 aromatic rings. The number of carbonyl (C=O) groups excluding carboxylic acids is 1. The number of carboxylic acids is 1. The molecular weight excluding hydrogens is 462 g/mol. The van der Waals surface area contributed by atoms with E-state index in [1.54, 1.807) is 12.3 Å². The first kappa shape index (κ1) is 23.4. The molecular formula is C22H25N5O4S2. The van der Waals surface area contributed by atoms with Crippen molar-refractivity contribution >= 4 is 57.7 Å². The number of amides is 1. The molecule has 0 bridgehead atoms. The number of aliphatic carboxylic acids is 1. The Kier molecular flexibility index (Phi) is 6.82. The molecule has 2 saturated heterocycles. The first-order valence-electron chi connectivity index (χ1n) is 10.8. The molecule has 33 heavy (non-hydrogen) atoms. The van der Waals surface area contributed by atoms with Gasteiger partial charge >= 0.3 is 5.97 Å². The first-order chi connectivity index (χ1) is 15.8. The number of hydrogen-bond donors (Lipinski definition) is 1. The summed E-state index contributed by atoms with van der Waals surface area (Å²) >= 11 is 6.37. The second kappa shape index (κ2) is 9.62. The number of pyridine rings is 1. The fourth-order valence-electron chi connectivity index (χ4n) is 3.92. The summed E-state index contributed by atoms with van der Waals surface area (Å²) < 4.78 is 1.79. The van der Waals surface area contributed by atoms with E-state index in [-0.39, 0.29) is 28.8 Å². The van der Waals surface area contributed by atoms with Gasteiger partial charge in [0.1, 0.15) is 15.8 Å². The summed E-state index contributed by atoms with van der Waals surface area (Å²) in [4.78, 5) is 48.2. The van der Waals surface area contributed by atoms with E-state index in [1.807, 2.05) is 19.1 Å². The molecule has 0 spiro atoms. The first-order valence-corrected chi connectivity index (χ1v) is 12.0. The van der Waals surface area contributed by atoms with Gasteiger partial charge in [0.2, 0.25) is 0 Å². The number of aryl methyl sites for hydroxylation is 1. The van der Waals surface area contributed by atoms with E-state index in [9.17, 15) is 14.4 Å². The minimum Gasteiger partial charge on any atom is -0.481 e. The van der Waals surface area contributed by atoms with E-state index < -0.39 is 5.97 Å². The molecule has 2 aromatic heterocycles. The van der Waals surface area contributed by atoms with Crippen molar-refractivity contribution in [2.75, 3.05) is 44.2 Å². The van der Waals surface area contributed by atoms with Crippen molar-refractivity contribution in [2.45, 2.75) is 20.3 Å². The Bertz CT molecular complexity index is 1220. The Morgan fingerprint density at radius 3 is 2.64 bits per heavy atom. The Morgan fingerprint density at radius 1 is 1.24 bits per heavy atom. The summed E-state index contributed by atoms with van der Waals surface area (Å²) in [6, 6.07) is 3.73. The number of hydrogen-bond acceptors (Lipinski definition) is 8. The molecule has 0 radical (unpaired) electrons. The van der Waals surface area contributed by atoms with Crippen LogP contribution in [-0.4, -0.2) is 79.8 Å². The standard InChI is InChI=1S/C22H25N5O4S2/c1-3-24-8-10-25(11-9-24)19-15(20(30)27-13-14(2)4-5-17(27)23-19)12-16-21(31)26(22(32)33-16)7-6-18(28)29/h4-5,12-13H,3,6-11H2,1-2H3,(H,28,29). The number of carboxylic acid groups (broad SMARTS) is 1. The lowest BCUT2D eigenvalue weighted by atomic mass is 10.2. The minimum atomic E-state index is -1.01. The third kappa shape index (κ3) is 4.80. The number of nitrogens with zero attached hydrogens (tertiary/aromatic N) is 5. The van der Waals surface area contributed by atoms with Crippen LogP contribution in [0.15, 0.2) is 28.0 Å². The van der Waals surface area contributed by atoms with Crippen LogP contribution in [0.1, 0.15) is 24.5 Å². The molecule has 0 atom stereocenters. The van der Waals surface area contributed by atoms with Crippen LogP contribution in [0.2, 0.25) is 0 Å². The molecule has 2 aliphatic heterocycles. The SMILES string of the molecule is CCN1CCN(c2nc3ccc(C)cn3c(=O)c2C=C2SC(=S)N(CCC(=O)O)C2=O)CC1. The van der Waals surface area contributed by atoms with Gasteiger partial charge in [-0.25, -0.2) is 4.98 Å². The highest BCUT2D eigenvalue weighted by molar-refractivity contribution is 8.26. The second-order valence-corrected chi connectivity index (χ2v) is 9.66. The number of anilines is 1. The number of piperazine rings is 1. The van der Waals surface area contributed by atoms with Gasteiger partial charge < -0.3 is 14.9 Å². The quantitative estimate of drug-likeness (QED) is 0.483. The van der Waals surface area contributed by atoms with Crippen LogP contribution in [0.3, 0.4) is 0 Å². The third-order valence-electron chi connectivity index (χ3n) is 5.80. The zero-order valence-corrected chi connectivity index (χ0v) is 20.1. The molecule has 2 fully saturated rings. The highest BCUT2D eigenvalue weighted by atomic mass is 32.2. The van der Waals surface area contributed by atoms with E-state index in [1.165, 1.54) is 9.30 Å². The smallest absolute Gasteiger partial charge is 0.305 e.